The number of hydrogen-bond donors (Lipinski definition) is 3. The summed E-state index contributed by atoms with van der Waals surface area (Å²) >= 11 is 0. The zero-order valence-electron chi connectivity index (χ0n) is 14.6. The third kappa shape index (κ3) is 5.43. The van der Waals surface area contributed by atoms with Crippen molar-refractivity contribution in [2.45, 2.75) is 25.4 Å². The number of hydrogen-bond acceptors (Lipinski definition) is 3. The van der Waals surface area contributed by atoms with Gasteiger partial charge in [0.25, 0.3) is 5.91 Å². The summed E-state index contributed by atoms with van der Waals surface area (Å²) in [5, 5.41) is 15.9. The lowest BCUT2D eigenvalue weighted by atomic mass is 9.92. The standard InChI is InChI=1S/C20H24N2O3/c1-20(25,17-9-4-3-5-10-17)14-18(23)22-12-11-15-7-6-8-16(13-15)19(24)21-2/h3-10,13,25H,11-12,14H2,1-2H3,(H,21,24)(H,22,23). The molecule has 132 valence electrons. The number of carbonyl (C=O) groups excluding carboxylic acids is 2. The van der Waals surface area contributed by atoms with Gasteiger partial charge >= 0.3 is 0 Å². The van der Waals surface area contributed by atoms with Crippen LogP contribution in [-0.2, 0) is 16.8 Å². The predicted octanol–water partition coefficient (Wildman–Crippen LogP) is 2.00. The SMILES string of the molecule is CNC(=O)c1cccc(CCNC(=O)CC(C)(O)c2ccccc2)c1. The van der Waals surface area contributed by atoms with Gasteiger partial charge in [-0.2, -0.15) is 0 Å². The second-order valence-electron chi connectivity index (χ2n) is 6.20. The van der Waals surface area contributed by atoms with Gasteiger partial charge in [0.15, 0.2) is 0 Å². The second-order valence-corrected chi connectivity index (χ2v) is 6.20. The fraction of sp³-hybridized carbons (Fsp3) is 0.300. The lowest BCUT2D eigenvalue weighted by Gasteiger charge is -2.23. The minimum absolute atomic E-state index is 0.00467. The predicted molar refractivity (Wildman–Crippen MR) is 97.2 cm³/mol. The minimum Gasteiger partial charge on any atom is -0.385 e. The first kappa shape index (κ1) is 18.7. The summed E-state index contributed by atoms with van der Waals surface area (Å²) in [6.07, 6.45) is 0.610. The van der Waals surface area contributed by atoms with Crippen LogP contribution < -0.4 is 10.6 Å². The van der Waals surface area contributed by atoms with E-state index < -0.39 is 5.60 Å². The van der Waals surface area contributed by atoms with Gasteiger partial charge in [-0.3, -0.25) is 9.59 Å². The summed E-state index contributed by atoms with van der Waals surface area (Å²) < 4.78 is 0. The maximum absolute atomic E-state index is 12.1. The van der Waals surface area contributed by atoms with Crippen LogP contribution in [0.5, 0.6) is 0 Å². The summed E-state index contributed by atoms with van der Waals surface area (Å²) in [6.45, 7) is 2.08. The highest BCUT2D eigenvalue weighted by molar-refractivity contribution is 5.94. The van der Waals surface area contributed by atoms with E-state index in [1.165, 1.54) is 0 Å². The Kier molecular flexibility index (Phi) is 6.31. The normalized spacial score (nSPS) is 12.9. The van der Waals surface area contributed by atoms with Crippen molar-refractivity contribution >= 4 is 11.8 Å². The van der Waals surface area contributed by atoms with Crippen molar-refractivity contribution in [2.24, 2.45) is 0 Å². The third-order valence-corrected chi connectivity index (χ3v) is 4.05. The van der Waals surface area contributed by atoms with Crippen LogP contribution in [0.25, 0.3) is 0 Å². The topological polar surface area (TPSA) is 78.4 Å². The van der Waals surface area contributed by atoms with Crippen molar-refractivity contribution in [3.8, 4) is 0 Å². The molecule has 0 aliphatic heterocycles. The zero-order chi connectivity index (χ0) is 18.3. The van der Waals surface area contributed by atoms with Crippen LogP contribution in [0.1, 0.15) is 34.8 Å². The van der Waals surface area contributed by atoms with Gasteiger partial charge in [-0.15, -0.1) is 0 Å². The van der Waals surface area contributed by atoms with Gasteiger partial charge in [-0.1, -0.05) is 42.5 Å². The Hall–Kier alpha value is -2.66. The highest BCUT2D eigenvalue weighted by Crippen LogP contribution is 2.23. The first-order valence-electron chi connectivity index (χ1n) is 8.28. The molecule has 0 aromatic heterocycles. The molecule has 1 atom stereocenters. The van der Waals surface area contributed by atoms with Gasteiger partial charge in [-0.05, 0) is 36.6 Å². The van der Waals surface area contributed by atoms with Crippen LogP contribution in [0.15, 0.2) is 54.6 Å². The van der Waals surface area contributed by atoms with Crippen molar-refractivity contribution in [1.82, 2.24) is 10.6 Å². The van der Waals surface area contributed by atoms with Crippen molar-refractivity contribution in [3.05, 3.63) is 71.3 Å². The van der Waals surface area contributed by atoms with Crippen molar-refractivity contribution in [1.29, 1.82) is 0 Å². The number of rotatable bonds is 7. The van der Waals surface area contributed by atoms with E-state index >= 15 is 0 Å². The molecule has 1 unspecified atom stereocenters. The van der Waals surface area contributed by atoms with Crippen molar-refractivity contribution in [2.75, 3.05) is 13.6 Å². The average molecular weight is 340 g/mol. The van der Waals surface area contributed by atoms with Crippen LogP contribution in [0.4, 0.5) is 0 Å². The Morgan fingerprint density at radius 2 is 1.80 bits per heavy atom. The number of aliphatic hydroxyl groups is 1. The first-order chi connectivity index (χ1) is 11.9. The largest absolute Gasteiger partial charge is 0.385 e. The molecule has 0 saturated carbocycles. The monoisotopic (exact) mass is 340 g/mol. The van der Waals surface area contributed by atoms with Gasteiger partial charge < -0.3 is 15.7 Å². The van der Waals surface area contributed by atoms with Crippen LogP contribution in [-0.4, -0.2) is 30.5 Å². The molecule has 0 bridgehead atoms. The fourth-order valence-corrected chi connectivity index (χ4v) is 2.63. The lowest BCUT2D eigenvalue weighted by Crippen LogP contribution is -2.33. The molecular formula is C20H24N2O3. The molecule has 5 heteroatoms. The smallest absolute Gasteiger partial charge is 0.251 e. The molecule has 2 amide bonds. The quantitative estimate of drug-likeness (QED) is 0.721. The van der Waals surface area contributed by atoms with Crippen LogP contribution in [0, 0.1) is 0 Å². The molecule has 2 rings (SSSR count). The van der Waals surface area contributed by atoms with E-state index in [0.717, 1.165) is 5.56 Å². The zero-order valence-corrected chi connectivity index (χ0v) is 14.6. The Labute approximate surface area is 148 Å². The number of carbonyl (C=O) groups is 2. The molecule has 0 aliphatic rings. The minimum atomic E-state index is -1.20. The Morgan fingerprint density at radius 1 is 1.08 bits per heavy atom. The van der Waals surface area contributed by atoms with Crippen LogP contribution in [0.2, 0.25) is 0 Å². The maximum Gasteiger partial charge on any atom is 0.251 e. The van der Waals surface area contributed by atoms with E-state index in [9.17, 15) is 14.7 Å². The second kappa shape index (κ2) is 8.44. The van der Waals surface area contributed by atoms with Crippen molar-refractivity contribution in [3.63, 3.8) is 0 Å². The average Bonchev–Trinajstić information content (AvgIpc) is 2.61. The maximum atomic E-state index is 12.1. The molecule has 0 spiro atoms. The van der Waals surface area contributed by atoms with E-state index in [-0.39, 0.29) is 18.2 Å². The summed E-state index contributed by atoms with van der Waals surface area (Å²) in [7, 11) is 1.59. The molecule has 0 heterocycles. The van der Waals surface area contributed by atoms with E-state index in [0.29, 0.717) is 24.1 Å². The van der Waals surface area contributed by atoms with E-state index in [4.69, 9.17) is 0 Å². The van der Waals surface area contributed by atoms with Gasteiger partial charge in [0, 0.05) is 19.2 Å². The van der Waals surface area contributed by atoms with Gasteiger partial charge in [-0.25, -0.2) is 0 Å². The Balaban J connectivity index is 1.86. The number of nitrogens with one attached hydrogen (secondary N) is 2. The molecule has 0 radical (unpaired) electrons. The molecule has 2 aromatic carbocycles. The number of benzene rings is 2. The Morgan fingerprint density at radius 3 is 2.48 bits per heavy atom. The molecule has 3 N–H and O–H groups in total. The Bertz CT molecular complexity index is 727. The highest BCUT2D eigenvalue weighted by atomic mass is 16.3. The van der Waals surface area contributed by atoms with E-state index in [2.05, 4.69) is 10.6 Å². The first-order valence-corrected chi connectivity index (χ1v) is 8.28. The molecule has 0 aliphatic carbocycles. The van der Waals surface area contributed by atoms with E-state index in [1.54, 1.807) is 32.2 Å². The highest BCUT2D eigenvalue weighted by Gasteiger charge is 2.26. The van der Waals surface area contributed by atoms with Crippen molar-refractivity contribution < 1.29 is 14.7 Å². The molecular weight excluding hydrogens is 316 g/mol. The summed E-state index contributed by atoms with van der Waals surface area (Å²) in [5.74, 6) is -0.346. The number of amides is 2. The lowest BCUT2D eigenvalue weighted by molar-refractivity contribution is -0.125. The van der Waals surface area contributed by atoms with Gasteiger partial charge in [0.05, 0.1) is 12.0 Å². The van der Waals surface area contributed by atoms with Gasteiger partial charge in [0.1, 0.15) is 0 Å². The van der Waals surface area contributed by atoms with Crippen LogP contribution >= 0.6 is 0 Å². The van der Waals surface area contributed by atoms with E-state index in [1.807, 2.05) is 36.4 Å². The summed E-state index contributed by atoms with van der Waals surface area (Å²) in [4.78, 5) is 23.7. The molecule has 25 heavy (non-hydrogen) atoms. The third-order valence-electron chi connectivity index (χ3n) is 4.05. The van der Waals surface area contributed by atoms with Gasteiger partial charge in [0.2, 0.25) is 5.91 Å². The summed E-state index contributed by atoms with van der Waals surface area (Å²) in [6, 6.07) is 16.4. The summed E-state index contributed by atoms with van der Waals surface area (Å²) in [5.41, 5.74) is 1.07. The molecule has 0 fully saturated rings. The fourth-order valence-electron chi connectivity index (χ4n) is 2.63. The van der Waals surface area contributed by atoms with Crippen LogP contribution in [0.3, 0.4) is 0 Å². The molecule has 5 nitrogen and oxygen atoms in total. The molecule has 2 aromatic rings. The molecule has 0 saturated heterocycles.